The molecular weight excluding hydrogens is 380 g/mol. The Morgan fingerprint density at radius 1 is 1.13 bits per heavy atom. The van der Waals surface area contributed by atoms with Crippen LogP contribution >= 0.6 is 0 Å². The van der Waals surface area contributed by atoms with Gasteiger partial charge in [-0.1, -0.05) is 18.2 Å². The van der Waals surface area contributed by atoms with Gasteiger partial charge in [0.1, 0.15) is 5.82 Å². The number of pyridine rings is 1. The number of carbonyl (C=O) groups is 2. The zero-order chi connectivity index (χ0) is 22.2. The first-order valence-corrected chi connectivity index (χ1v) is 10.2. The molecule has 30 heavy (non-hydrogen) atoms. The third kappa shape index (κ3) is 4.38. The predicted octanol–water partition coefficient (Wildman–Crippen LogP) is 4.59. The Bertz CT molecular complexity index is 1010. The summed E-state index contributed by atoms with van der Waals surface area (Å²) in [5, 5.41) is 2.86. The van der Waals surface area contributed by atoms with E-state index < -0.39 is 17.7 Å². The van der Waals surface area contributed by atoms with Gasteiger partial charge in [0.15, 0.2) is 6.10 Å². The first-order valence-electron chi connectivity index (χ1n) is 10.2. The van der Waals surface area contributed by atoms with Crippen molar-refractivity contribution in [1.82, 2.24) is 4.98 Å². The molecule has 0 bridgehead atoms. The summed E-state index contributed by atoms with van der Waals surface area (Å²) in [5.41, 5.74) is 5.84. The lowest BCUT2D eigenvalue weighted by Gasteiger charge is -2.31. The molecule has 1 N–H and O–H groups in total. The molecule has 1 aromatic heterocycles. The summed E-state index contributed by atoms with van der Waals surface area (Å²) < 4.78 is 11.4. The molecule has 1 aliphatic heterocycles. The van der Waals surface area contributed by atoms with Crippen molar-refractivity contribution in [2.45, 2.75) is 66.1 Å². The van der Waals surface area contributed by atoms with Gasteiger partial charge in [-0.3, -0.25) is 4.79 Å². The van der Waals surface area contributed by atoms with Gasteiger partial charge in [-0.15, -0.1) is 0 Å². The lowest BCUT2D eigenvalue weighted by Crippen LogP contribution is -2.31. The number of esters is 1. The fourth-order valence-electron chi connectivity index (χ4n) is 3.79. The molecule has 2 heterocycles. The average molecular weight is 411 g/mol. The molecule has 0 aliphatic carbocycles. The minimum atomic E-state index is -0.933. The molecule has 1 aromatic carbocycles. The van der Waals surface area contributed by atoms with Gasteiger partial charge < -0.3 is 14.8 Å². The summed E-state index contributed by atoms with van der Waals surface area (Å²) >= 11 is 0. The number of nitrogens with one attached hydrogen (secondary N) is 1. The first-order chi connectivity index (χ1) is 14.0. The maximum Gasteiger partial charge on any atom is 0.339 e. The van der Waals surface area contributed by atoms with E-state index >= 15 is 0 Å². The van der Waals surface area contributed by atoms with Crippen LogP contribution in [0.4, 0.5) is 5.82 Å². The monoisotopic (exact) mass is 410 g/mol. The van der Waals surface area contributed by atoms with Crippen LogP contribution in [0.5, 0.6) is 0 Å². The van der Waals surface area contributed by atoms with E-state index in [0.29, 0.717) is 18.7 Å². The Morgan fingerprint density at radius 3 is 2.43 bits per heavy atom. The number of hydrogen-bond acceptors (Lipinski definition) is 5. The molecule has 0 saturated carbocycles. The predicted molar refractivity (Wildman–Crippen MR) is 116 cm³/mol. The zero-order valence-electron chi connectivity index (χ0n) is 18.8. The molecule has 0 fully saturated rings. The molecule has 0 saturated heterocycles. The van der Waals surface area contributed by atoms with Crippen LogP contribution in [0.25, 0.3) is 11.1 Å². The lowest BCUT2D eigenvalue weighted by molar-refractivity contribution is -0.164. The minimum absolute atomic E-state index is 0.0781. The zero-order valence-corrected chi connectivity index (χ0v) is 18.8. The van der Waals surface area contributed by atoms with E-state index in [1.807, 2.05) is 33.8 Å². The highest BCUT2D eigenvalue weighted by Gasteiger charge is 2.36. The maximum atomic E-state index is 12.9. The highest BCUT2D eigenvalue weighted by atomic mass is 16.6. The number of rotatable bonds is 4. The van der Waals surface area contributed by atoms with Gasteiger partial charge in [-0.25, -0.2) is 9.78 Å². The largest absolute Gasteiger partial charge is 0.467 e. The van der Waals surface area contributed by atoms with E-state index in [1.54, 1.807) is 0 Å². The Balaban J connectivity index is 2.34. The number of amides is 1. The van der Waals surface area contributed by atoms with Gasteiger partial charge >= 0.3 is 5.97 Å². The van der Waals surface area contributed by atoms with Crippen molar-refractivity contribution in [1.29, 1.82) is 0 Å². The van der Waals surface area contributed by atoms with Crippen molar-refractivity contribution in [3.63, 3.8) is 0 Å². The summed E-state index contributed by atoms with van der Waals surface area (Å²) in [6.45, 7) is 11.7. The summed E-state index contributed by atoms with van der Waals surface area (Å²) in [4.78, 5) is 29.6. The molecule has 0 spiro atoms. The second kappa shape index (κ2) is 8.19. The van der Waals surface area contributed by atoms with E-state index in [9.17, 15) is 9.59 Å². The summed E-state index contributed by atoms with van der Waals surface area (Å²) in [5.74, 6) is -0.0527. The topological polar surface area (TPSA) is 77.5 Å². The van der Waals surface area contributed by atoms with Gasteiger partial charge in [-0.05, 0) is 64.7 Å². The highest BCUT2D eigenvalue weighted by molar-refractivity contribution is 5.95. The number of methoxy groups -OCH3 is 1. The van der Waals surface area contributed by atoms with Gasteiger partial charge in [0.25, 0.3) is 0 Å². The highest BCUT2D eigenvalue weighted by Crippen LogP contribution is 2.41. The van der Waals surface area contributed by atoms with Crippen molar-refractivity contribution in [3.8, 4) is 11.1 Å². The second-order valence-corrected chi connectivity index (χ2v) is 8.79. The molecular formula is C24H30N2O4. The van der Waals surface area contributed by atoms with Crippen LogP contribution in [0, 0.1) is 20.8 Å². The molecule has 6 nitrogen and oxygen atoms in total. The average Bonchev–Trinajstić information content (AvgIpc) is 2.66. The molecule has 2 aromatic rings. The number of fused-ring (bicyclic) bond motifs is 1. The maximum absolute atomic E-state index is 12.9. The molecule has 1 unspecified atom stereocenters. The van der Waals surface area contributed by atoms with Crippen molar-refractivity contribution in [2.24, 2.45) is 0 Å². The normalized spacial score (nSPS) is 14.7. The van der Waals surface area contributed by atoms with Crippen molar-refractivity contribution >= 4 is 17.7 Å². The summed E-state index contributed by atoms with van der Waals surface area (Å²) in [6.07, 6.45) is -0.111. The third-order valence-electron chi connectivity index (χ3n) is 5.33. The molecule has 1 amide bonds. The van der Waals surface area contributed by atoms with E-state index in [-0.39, 0.29) is 5.91 Å². The standard InChI is InChI=1S/C24H30N2O4/c1-13-8-9-16(12-14(13)2)19-15(3)25-22-17(10-11-18(27)26-22)20(19)21(23(28)29-7)30-24(4,5)6/h8-9,12,21H,10-11H2,1-7H3,(H,25,26,27). The Kier molecular flexibility index (Phi) is 5.99. The number of benzene rings is 1. The van der Waals surface area contributed by atoms with Gasteiger partial charge in [-0.2, -0.15) is 0 Å². The number of hydrogen-bond donors (Lipinski definition) is 1. The first kappa shape index (κ1) is 22.0. The lowest BCUT2D eigenvalue weighted by atomic mass is 9.87. The molecule has 1 aliphatic rings. The van der Waals surface area contributed by atoms with E-state index in [4.69, 9.17) is 9.47 Å². The number of aryl methyl sites for hydroxylation is 3. The van der Waals surface area contributed by atoms with Crippen molar-refractivity contribution in [3.05, 3.63) is 46.1 Å². The molecule has 160 valence electrons. The molecule has 6 heteroatoms. The van der Waals surface area contributed by atoms with Crippen LogP contribution in [0.3, 0.4) is 0 Å². The minimum Gasteiger partial charge on any atom is -0.467 e. The van der Waals surface area contributed by atoms with Crippen LogP contribution in [-0.4, -0.2) is 29.6 Å². The van der Waals surface area contributed by atoms with Crippen LogP contribution in [0.2, 0.25) is 0 Å². The van der Waals surface area contributed by atoms with E-state index in [2.05, 4.69) is 36.3 Å². The van der Waals surface area contributed by atoms with E-state index in [0.717, 1.165) is 33.5 Å². The number of carbonyl (C=O) groups excluding carboxylic acids is 2. The van der Waals surface area contributed by atoms with Crippen LogP contribution in [0.15, 0.2) is 18.2 Å². The molecule has 3 rings (SSSR count). The Hall–Kier alpha value is -2.73. The Labute approximate surface area is 178 Å². The summed E-state index contributed by atoms with van der Waals surface area (Å²) in [6, 6.07) is 6.20. The van der Waals surface area contributed by atoms with Crippen LogP contribution in [0.1, 0.15) is 61.2 Å². The van der Waals surface area contributed by atoms with Gasteiger partial charge in [0, 0.05) is 28.8 Å². The quantitative estimate of drug-likeness (QED) is 0.746. The smallest absolute Gasteiger partial charge is 0.339 e. The fourth-order valence-corrected chi connectivity index (χ4v) is 3.79. The van der Waals surface area contributed by atoms with Gasteiger partial charge in [0.05, 0.1) is 12.7 Å². The Morgan fingerprint density at radius 2 is 1.83 bits per heavy atom. The SMILES string of the molecule is COC(=O)C(OC(C)(C)C)c1c2c(nc(C)c1-c1ccc(C)c(C)c1)NC(=O)CC2. The van der Waals surface area contributed by atoms with Crippen LogP contribution < -0.4 is 5.32 Å². The number of anilines is 1. The van der Waals surface area contributed by atoms with Crippen molar-refractivity contribution in [2.75, 3.05) is 12.4 Å². The molecule has 1 atom stereocenters. The molecule has 0 radical (unpaired) electrons. The number of ether oxygens (including phenoxy) is 2. The summed E-state index contributed by atoms with van der Waals surface area (Å²) in [7, 11) is 1.36. The number of nitrogens with zero attached hydrogens (tertiary/aromatic N) is 1. The van der Waals surface area contributed by atoms with E-state index in [1.165, 1.54) is 12.7 Å². The van der Waals surface area contributed by atoms with Gasteiger partial charge in [0.2, 0.25) is 5.91 Å². The van der Waals surface area contributed by atoms with Crippen molar-refractivity contribution < 1.29 is 19.1 Å². The fraction of sp³-hybridized carbons (Fsp3) is 0.458. The third-order valence-corrected chi connectivity index (χ3v) is 5.33. The van der Waals surface area contributed by atoms with Crippen LogP contribution in [-0.2, 0) is 25.5 Å². The second-order valence-electron chi connectivity index (χ2n) is 8.79. The number of aromatic nitrogens is 1.